The van der Waals surface area contributed by atoms with E-state index in [1.54, 1.807) is 6.20 Å². The van der Waals surface area contributed by atoms with Gasteiger partial charge in [0.1, 0.15) is 11.3 Å². The van der Waals surface area contributed by atoms with Crippen molar-refractivity contribution >= 4 is 33.3 Å². The summed E-state index contributed by atoms with van der Waals surface area (Å²) in [5.74, 6) is 0.846. The number of rotatable bonds is 1. The van der Waals surface area contributed by atoms with Gasteiger partial charge in [0.05, 0.1) is 6.20 Å². The molecule has 1 aromatic heterocycles. The van der Waals surface area contributed by atoms with E-state index >= 15 is 0 Å². The third-order valence-corrected chi connectivity index (χ3v) is 3.09. The number of hydrogen-bond donors (Lipinski definition) is 0. The van der Waals surface area contributed by atoms with Crippen LogP contribution in [0.4, 0.5) is 5.82 Å². The van der Waals surface area contributed by atoms with Gasteiger partial charge in [0, 0.05) is 17.9 Å². The van der Waals surface area contributed by atoms with Crippen molar-refractivity contribution in [2.24, 2.45) is 0 Å². The van der Waals surface area contributed by atoms with Crippen LogP contribution in [-0.2, 0) is 0 Å². The Hall–Kier alpha value is -0.350. The third kappa shape index (κ3) is 1.94. The molecule has 2 rings (SSSR count). The summed E-state index contributed by atoms with van der Waals surface area (Å²) in [5, 5.41) is 0.629. The van der Waals surface area contributed by atoms with Crippen LogP contribution in [0.15, 0.2) is 12.5 Å². The first-order chi connectivity index (χ1) is 6.27. The lowest BCUT2D eigenvalue weighted by Gasteiger charge is -2.16. The Bertz CT molecular complexity index is 307. The predicted octanol–water partition coefficient (Wildman–Crippen LogP) is 2.10. The molecule has 1 aliphatic heterocycles. The van der Waals surface area contributed by atoms with E-state index in [2.05, 4.69) is 30.8 Å². The number of nitrogens with zero attached hydrogens (tertiary/aromatic N) is 3. The fraction of sp³-hybridized carbons (Fsp3) is 0.500. The highest BCUT2D eigenvalue weighted by atomic mass is 79.9. The van der Waals surface area contributed by atoms with Gasteiger partial charge in [0.15, 0.2) is 5.82 Å². The van der Waals surface area contributed by atoms with Crippen LogP contribution in [0.3, 0.4) is 0 Å². The molecule has 70 valence electrons. The van der Waals surface area contributed by atoms with Crippen LogP contribution in [0.5, 0.6) is 0 Å². The van der Waals surface area contributed by atoms with E-state index in [0.717, 1.165) is 25.3 Å². The number of anilines is 1. The van der Waals surface area contributed by atoms with E-state index in [-0.39, 0.29) is 0 Å². The minimum absolute atomic E-state index is 0.554. The quantitative estimate of drug-likeness (QED) is 0.726. The normalized spacial score (nSPS) is 22.3. The second-order valence-corrected chi connectivity index (χ2v) is 4.73. The first-order valence-electron chi connectivity index (χ1n) is 4.12. The van der Waals surface area contributed by atoms with Crippen molar-refractivity contribution in [1.82, 2.24) is 9.97 Å². The molecule has 0 radical (unpaired) electrons. The van der Waals surface area contributed by atoms with Gasteiger partial charge in [0.25, 0.3) is 0 Å². The van der Waals surface area contributed by atoms with Crippen molar-refractivity contribution in [2.45, 2.75) is 11.2 Å². The fourth-order valence-electron chi connectivity index (χ4n) is 1.45. The summed E-state index contributed by atoms with van der Waals surface area (Å²) in [5.41, 5.74) is 0. The lowest BCUT2D eigenvalue weighted by Crippen LogP contribution is -2.21. The number of alkyl halides is 1. The maximum atomic E-state index is 5.97. The first-order valence-corrected chi connectivity index (χ1v) is 5.41. The van der Waals surface area contributed by atoms with Gasteiger partial charge in [-0.1, -0.05) is 27.5 Å². The van der Waals surface area contributed by atoms with E-state index in [0.29, 0.717) is 9.85 Å². The summed E-state index contributed by atoms with van der Waals surface area (Å²) in [6, 6.07) is 0. The molecule has 1 atom stereocenters. The van der Waals surface area contributed by atoms with Crippen molar-refractivity contribution < 1.29 is 0 Å². The van der Waals surface area contributed by atoms with Crippen molar-refractivity contribution in [3.8, 4) is 0 Å². The SMILES string of the molecule is Clc1cncnc1N1CCC(Br)C1. The zero-order valence-corrected chi connectivity index (χ0v) is 9.29. The highest BCUT2D eigenvalue weighted by Gasteiger charge is 2.22. The van der Waals surface area contributed by atoms with Gasteiger partial charge < -0.3 is 4.90 Å². The summed E-state index contributed by atoms with van der Waals surface area (Å²) >= 11 is 9.54. The van der Waals surface area contributed by atoms with Crippen LogP contribution in [0, 0.1) is 0 Å². The van der Waals surface area contributed by atoms with Crippen LogP contribution in [0.1, 0.15) is 6.42 Å². The first kappa shape index (κ1) is 9.21. The van der Waals surface area contributed by atoms with Crippen LogP contribution in [-0.4, -0.2) is 27.9 Å². The van der Waals surface area contributed by atoms with E-state index in [1.807, 2.05) is 0 Å². The van der Waals surface area contributed by atoms with Gasteiger partial charge in [-0.3, -0.25) is 0 Å². The van der Waals surface area contributed by atoms with Gasteiger partial charge in [-0.2, -0.15) is 0 Å². The molecule has 1 fully saturated rings. The molecule has 3 nitrogen and oxygen atoms in total. The molecule has 1 aliphatic rings. The Labute approximate surface area is 90.3 Å². The fourth-order valence-corrected chi connectivity index (χ4v) is 2.23. The minimum atomic E-state index is 0.554. The standard InChI is InChI=1S/C8H9BrClN3/c9-6-1-2-13(4-6)8-7(10)3-11-5-12-8/h3,5-6H,1-2,4H2. The molecule has 1 aromatic rings. The molecule has 0 aliphatic carbocycles. The topological polar surface area (TPSA) is 29.0 Å². The molecule has 1 saturated heterocycles. The van der Waals surface area contributed by atoms with Gasteiger partial charge >= 0.3 is 0 Å². The van der Waals surface area contributed by atoms with Gasteiger partial charge in [-0.05, 0) is 6.42 Å². The molecule has 13 heavy (non-hydrogen) atoms. The summed E-state index contributed by atoms with van der Waals surface area (Å²) in [6.45, 7) is 1.98. The molecule has 0 amide bonds. The zero-order valence-electron chi connectivity index (χ0n) is 6.95. The molecule has 0 spiro atoms. The zero-order chi connectivity index (χ0) is 9.26. The molecule has 0 bridgehead atoms. The number of hydrogen-bond acceptors (Lipinski definition) is 3. The van der Waals surface area contributed by atoms with Gasteiger partial charge in [-0.25, -0.2) is 9.97 Å². The Kier molecular flexibility index (Phi) is 2.69. The van der Waals surface area contributed by atoms with Crippen molar-refractivity contribution in [2.75, 3.05) is 18.0 Å². The van der Waals surface area contributed by atoms with E-state index in [1.165, 1.54) is 6.33 Å². The molecule has 2 heterocycles. The maximum absolute atomic E-state index is 5.97. The molecule has 0 saturated carbocycles. The Morgan fingerprint density at radius 1 is 1.62 bits per heavy atom. The monoisotopic (exact) mass is 261 g/mol. The summed E-state index contributed by atoms with van der Waals surface area (Å²) in [7, 11) is 0. The molecular weight excluding hydrogens is 253 g/mol. The molecule has 1 unspecified atom stereocenters. The largest absolute Gasteiger partial charge is 0.354 e. The third-order valence-electron chi connectivity index (χ3n) is 2.08. The van der Waals surface area contributed by atoms with Crippen LogP contribution < -0.4 is 4.90 Å². The Balaban J connectivity index is 2.21. The van der Waals surface area contributed by atoms with E-state index in [9.17, 15) is 0 Å². The van der Waals surface area contributed by atoms with Crippen molar-refractivity contribution in [3.63, 3.8) is 0 Å². The van der Waals surface area contributed by atoms with E-state index < -0.39 is 0 Å². The van der Waals surface area contributed by atoms with Gasteiger partial charge in [-0.15, -0.1) is 0 Å². The number of aromatic nitrogens is 2. The molecular formula is C8H9BrClN3. The van der Waals surface area contributed by atoms with Crippen molar-refractivity contribution in [3.05, 3.63) is 17.5 Å². The van der Waals surface area contributed by atoms with Crippen LogP contribution in [0.25, 0.3) is 0 Å². The molecule has 0 N–H and O–H groups in total. The highest BCUT2D eigenvalue weighted by molar-refractivity contribution is 9.09. The Morgan fingerprint density at radius 2 is 2.46 bits per heavy atom. The highest BCUT2D eigenvalue weighted by Crippen LogP contribution is 2.27. The molecule has 0 aromatic carbocycles. The minimum Gasteiger partial charge on any atom is -0.354 e. The summed E-state index contributed by atoms with van der Waals surface area (Å²) in [6.07, 6.45) is 4.30. The predicted molar refractivity (Wildman–Crippen MR) is 56.6 cm³/mol. The summed E-state index contributed by atoms with van der Waals surface area (Å²) in [4.78, 5) is 10.7. The van der Waals surface area contributed by atoms with E-state index in [4.69, 9.17) is 11.6 Å². The van der Waals surface area contributed by atoms with Gasteiger partial charge in [0.2, 0.25) is 0 Å². The number of halogens is 2. The average molecular weight is 263 g/mol. The lowest BCUT2D eigenvalue weighted by atomic mass is 10.4. The lowest BCUT2D eigenvalue weighted by molar-refractivity contribution is 0.928. The molecule has 5 heteroatoms. The second-order valence-electron chi connectivity index (χ2n) is 3.03. The van der Waals surface area contributed by atoms with Crippen molar-refractivity contribution in [1.29, 1.82) is 0 Å². The van der Waals surface area contributed by atoms with Crippen LogP contribution >= 0.6 is 27.5 Å². The van der Waals surface area contributed by atoms with Crippen LogP contribution in [0.2, 0.25) is 5.02 Å². The Morgan fingerprint density at radius 3 is 3.08 bits per heavy atom. The second kappa shape index (κ2) is 3.80. The average Bonchev–Trinajstić information content (AvgIpc) is 2.53. The summed E-state index contributed by atoms with van der Waals surface area (Å²) < 4.78 is 0. The maximum Gasteiger partial charge on any atom is 0.150 e. The smallest absolute Gasteiger partial charge is 0.150 e.